The van der Waals surface area contributed by atoms with Crippen molar-refractivity contribution in [3.63, 3.8) is 0 Å². The van der Waals surface area contributed by atoms with Crippen LogP contribution in [0.2, 0.25) is 5.02 Å². The van der Waals surface area contributed by atoms with Crippen LogP contribution in [0.25, 0.3) is 0 Å². The molecule has 0 aromatic heterocycles. The largest absolute Gasteiger partial charge is 0.450 e. The van der Waals surface area contributed by atoms with E-state index in [1.807, 2.05) is 6.92 Å². The number of halogens is 2. The Bertz CT molecular complexity index is 659. The number of hydrogen-bond donors (Lipinski definition) is 0. The van der Waals surface area contributed by atoms with Gasteiger partial charge < -0.3 is 4.74 Å². The van der Waals surface area contributed by atoms with Gasteiger partial charge in [-0.3, -0.25) is 10.1 Å². The summed E-state index contributed by atoms with van der Waals surface area (Å²) in [6, 6.07) is 9.69. The van der Waals surface area contributed by atoms with Crippen molar-refractivity contribution in [3.8, 4) is 11.5 Å². The molecule has 6 heteroatoms. The molecule has 2 rings (SSSR count). The summed E-state index contributed by atoms with van der Waals surface area (Å²) in [7, 11) is 0. The predicted molar refractivity (Wildman–Crippen MR) is 78.9 cm³/mol. The smallest absolute Gasteiger partial charge is 0.311 e. The van der Waals surface area contributed by atoms with E-state index in [-0.39, 0.29) is 17.3 Å². The second kappa shape index (κ2) is 6.11. The zero-order chi connectivity index (χ0) is 14.7. The normalized spacial score (nSPS) is 10.3. The standard InChI is InChI=1S/C14H11Cl2NO3/c1-9-2-5-12(17(18)19)14(6-9)20-13-7-11(16)4-3-10(13)8-15/h2-7H,8H2,1H3. The van der Waals surface area contributed by atoms with Crippen LogP contribution in [0.1, 0.15) is 11.1 Å². The molecule has 0 saturated carbocycles. The lowest BCUT2D eigenvalue weighted by Gasteiger charge is -2.10. The molecule has 0 unspecified atom stereocenters. The lowest BCUT2D eigenvalue weighted by molar-refractivity contribution is -0.385. The molecular formula is C14H11Cl2NO3. The molecule has 20 heavy (non-hydrogen) atoms. The van der Waals surface area contributed by atoms with Crippen LogP contribution in [0.5, 0.6) is 11.5 Å². The molecule has 0 atom stereocenters. The third-order valence-electron chi connectivity index (χ3n) is 2.71. The molecule has 0 bridgehead atoms. The Hall–Kier alpha value is -1.78. The SMILES string of the molecule is Cc1ccc([N+](=O)[O-])c(Oc2cc(Cl)ccc2CCl)c1. The molecule has 0 saturated heterocycles. The summed E-state index contributed by atoms with van der Waals surface area (Å²) in [5.41, 5.74) is 1.48. The Morgan fingerprint density at radius 2 is 1.95 bits per heavy atom. The molecule has 2 aromatic carbocycles. The Balaban J connectivity index is 2.46. The first kappa shape index (κ1) is 14.6. The van der Waals surface area contributed by atoms with Gasteiger partial charge in [0.15, 0.2) is 0 Å². The molecule has 0 fully saturated rings. The first-order chi connectivity index (χ1) is 9.51. The predicted octanol–water partition coefficient (Wildman–Crippen LogP) is 5.09. The fourth-order valence-electron chi connectivity index (χ4n) is 1.71. The highest BCUT2D eigenvalue weighted by atomic mass is 35.5. The number of aryl methyl sites for hydroxylation is 1. The molecule has 4 nitrogen and oxygen atoms in total. The van der Waals surface area contributed by atoms with E-state index in [0.717, 1.165) is 5.56 Å². The minimum Gasteiger partial charge on any atom is -0.450 e. The van der Waals surface area contributed by atoms with Crippen LogP contribution in [0.3, 0.4) is 0 Å². The van der Waals surface area contributed by atoms with Gasteiger partial charge in [0.25, 0.3) is 0 Å². The van der Waals surface area contributed by atoms with Gasteiger partial charge in [-0.2, -0.15) is 0 Å². The molecule has 2 aromatic rings. The average molecular weight is 312 g/mol. The highest BCUT2D eigenvalue weighted by molar-refractivity contribution is 6.30. The fourth-order valence-corrected chi connectivity index (χ4v) is 2.09. The van der Waals surface area contributed by atoms with Crippen molar-refractivity contribution in [2.24, 2.45) is 0 Å². The first-order valence-corrected chi connectivity index (χ1v) is 6.70. The van der Waals surface area contributed by atoms with Crippen LogP contribution in [-0.4, -0.2) is 4.92 Å². The highest BCUT2D eigenvalue weighted by Crippen LogP contribution is 2.35. The van der Waals surface area contributed by atoms with Crippen LogP contribution >= 0.6 is 23.2 Å². The second-order valence-electron chi connectivity index (χ2n) is 4.22. The maximum Gasteiger partial charge on any atom is 0.311 e. The molecule has 0 radical (unpaired) electrons. The third kappa shape index (κ3) is 3.21. The van der Waals surface area contributed by atoms with Crippen molar-refractivity contribution in [1.29, 1.82) is 0 Å². The molecule has 0 aliphatic heterocycles. The van der Waals surface area contributed by atoms with Gasteiger partial charge in [-0.15, -0.1) is 11.6 Å². The van der Waals surface area contributed by atoms with Crippen LogP contribution in [0, 0.1) is 17.0 Å². The highest BCUT2D eigenvalue weighted by Gasteiger charge is 2.17. The summed E-state index contributed by atoms with van der Waals surface area (Å²) in [5.74, 6) is 0.816. The quantitative estimate of drug-likeness (QED) is 0.449. The van der Waals surface area contributed by atoms with Gasteiger partial charge in [-0.05, 0) is 30.7 Å². The van der Waals surface area contributed by atoms with E-state index in [9.17, 15) is 10.1 Å². The van der Waals surface area contributed by atoms with Crippen LogP contribution in [0.4, 0.5) is 5.69 Å². The minimum atomic E-state index is -0.486. The zero-order valence-corrected chi connectivity index (χ0v) is 12.1. The number of ether oxygens (including phenoxy) is 1. The Morgan fingerprint density at radius 1 is 1.20 bits per heavy atom. The molecule has 0 heterocycles. The van der Waals surface area contributed by atoms with Gasteiger partial charge >= 0.3 is 5.69 Å². The first-order valence-electron chi connectivity index (χ1n) is 5.78. The van der Waals surface area contributed by atoms with Crippen molar-refractivity contribution < 1.29 is 9.66 Å². The van der Waals surface area contributed by atoms with Crippen molar-refractivity contribution in [2.45, 2.75) is 12.8 Å². The molecule has 0 N–H and O–H groups in total. The summed E-state index contributed by atoms with van der Waals surface area (Å²) >= 11 is 11.7. The number of nitro groups is 1. The van der Waals surface area contributed by atoms with Crippen LogP contribution < -0.4 is 4.74 Å². The number of benzene rings is 2. The number of rotatable bonds is 4. The second-order valence-corrected chi connectivity index (χ2v) is 4.92. The summed E-state index contributed by atoms with van der Waals surface area (Å²) in [5, 5.41) is 11.5. The minimum absolute atomic E-state index is 0.101. The Morgan fingerprint density at radius 3 is 2.60 bits per heavy atom. The summed E-state index contributed by atoms with van der Waals surface area (Å²) in [6.07, 6.45) is 0. The van der Waals surface area contributed by atoms with E-state index >= 15 is 0 Å². The topological polar surface area (TPSA) is 52.4 Å². The summed E-state index contributed by atoms with van der Waals surface area (Å²) < 4.78 is 5.64. The molecule has 104 valence electrons. The van der Waals surface area contributed by atoms with Crippen molar-refractivity contribution in [1.82, 2.24) is 0 Å². The Kier molecular flexibility index (Phi) is 4.47. The van der Waals surface area contributed by atoms with E-state index < -0.39 is 4.92 Å². The van der Waals surface area contributed by atoms with Gasteiger partial charge in [0.1, 0.15) is 5.75 Å². The van der Waals surface area contributed by atoms with E-state index in [4.69, 9.17) is 27.9 Å². The number of nitro benzene ring substituents is 1. The van der Waals surface area contributed by atoms with Gasteiger partial charge in [-0.25, -0.2) is 0 Å². The van der Waals surface area contributed by atoms with Crippen molar-refractivity contribution in [2.75, 3.05) is 0 Å². The number of nitrogens with zero attached hydrogens (tertiary/aromatic N) is 1. The average Bonchev–Trinajstić information content (AvgIpc) is 2.38. The lowest BCUT2D eigenvalue weighted by Crippen LogP contribution is -1.96. The number of alkyl halides is 1. The maximum absolute atomic E-state index is 11.0. The van der Waals surface area contributed by atoms with Gasteiger partial charge in [0.2, 0.25) is 5.75 Å². The van der Waals surface area contributed by atoms with Gasteiger partial charge in [0, 0.05) is 16.7 Å². The van der Waals surface area contributed by atoms with Crippen molar-refractivity contribution >= 4 is 28.9 Å². The molecule has 0 amide bonds. The molecular weight excluding hydrogens is 301 g/mol. The van der Waals surface area contributed by atoms with Crippen molar-refractivity contribution in [3.05, 3.63) is 62.7 Å². The van der Waals surface area contributed by atoms with Gasteiger partial charge in [0.05, 0.1) is 10.8 Å². The van der Waals surface area contributed by atoms with Gasteiger partial charge in [-0.1, -0.05) is 23.7 Å². The van der Waals surface area contributed by atoms with Crippen LogP contribution in [-0.2, 0) is 5.88 Å². The monoisotopic (exact) mass is 311 g/mol. The zero-order valence-electron chi connectivity index (χ0n) is 10.6. The lowest BCUT2D eigenvalue weighted by atomic mass is 10.2. The fraction of sp³-hybridized carbons (Fsp3) is 0.143. The van der Waals surface area contributed by atoms with E-state index in [1.54, 1.807) is 30.3 Å². The molecule has 0 aliphatic rings. The van der Waals surface area contributed by atoms with Crippen LogP contribution in [0.15, 0.2) is 36.4 Å². The molecule has 0 spiro atoms. The van der Waals surface area contributed by atoms with E-state index in [0.29, 0.717) is 16.3 Å². The maximum atomic E-state index is 11.0. The Labute approximate surface area is 126 Å². The molecule has 0 aliphatic carbocycles. The third-order valence-corrected chi connectivity index (χ3v) is 3.23. The summed E-state index contributed by atoms with van der Waals surface area (Å²) in [4.78, 5) is 10.5. The van der Waals surface area contributed by atoms with E-state index in [2.05, 4.69) is 0 Å². The number of hydrogen-bond acceptors (Lipinski definition) is 3. The summed E-state index contributed by atoms with van der Waals surface area (Å²) in [6.45, 7) is 1.83. The van der Waals surface area contributed by atoms with E-state index in [1.165, 1.54) is 6.07 Å².